The molecule has 0 bridgehead atoms. The molecular weight excluding hydrogens is 330 g/mol. The first-order valence-corrected chi connectivity index (χ1v) is 8.62. The Hall–Kier alpha value is -1.59. The highest BCUT2D eigenvalue weighted by Gasteiger charge is 2.50. The van der Waals surface area contributed by atoms with Crippen molar-refractivity contribution >= 4 is 23.5 Å². The number of benzene rings is 1. The Morgan fingerprint density at radius 2 is 1.88 bits per heavy atom. The molecular formula is C18H22ClNO4. The second kappa shape index (κ2) is 6.37. The molecule has 5 nitrogen and oxygen atoms in total. The van der Waals surface area contributed by atoms with Crippen molar-refractivity contribution in [3.8, 4) is 0 Å². The second-order valence-corrected chi connectivity index (χ2v) is 7.42. The van der Waals surface area contributed by atoms with Crippen LogP contribution in [0.5, 0.6) is 0 Å². The number of carboxylic acid groups (broad SMARTS) is 1. The van der Waals surface area contributed by atoms with Gasteiger partial charge in [0.05, 0.1) is 10.8 Å². The summed E-state index contributed by atoms with van der Waals surface area (Å²) in [5, 5.41) is 10.0. The lowest BCUT2D eigenvalue weighted by Gasteiger charge is -2.39. The lowest BCUT2D eigenvalue weighted by atomic mass is 9.73. The van der Waals surface area contributed by atoms with E-state index in [-0.39, 0.29) is 12.5 Å². The van der Waals surface area contributed by atoms with Crippen molar-refractivity contribution in [2.75, 3.05) is 26.3 Å². The molecule has 2 aliphatic rings. The van der Waals surface area contributed by atoms with E-state index in [1.54, 1.807) is 17.9 Å². The van der Waals surface area contributed by atoms with E-state index in [4.69, 9.17) is 16.3 Å². The van der Waals surface area contributed by atoms with Crippen LogP contribution in [0, 0.1) is 5.41 Å². The number of carbonyl (C=O) groups is 2. The molecule has 130 valence electrons. The molecule has 0 saturated carbocycles. The van der Waals surface area contributed by atoms with Crippen LogP contribution < -0.4 is 0 Å². The molecule has 2 fully saturated rings. The molecule has 1 N–H and O–H groups in total. The molecule has 0 aromatic heterocycles. The van der Waals surface area contributed by atoms with Gasteiger partial charge in [-0.15, -0.1) is 0 Å². The quantitative estimate of drug-likeness (QED) is 0.909. The minimum absolute atomic E-state index is 0.0242. The molecule has 2 heterocycles. The van der Waals surface area contributed by atoms with Gasteiger partial charge >= 0.3 is 5.97 Å². The summed E-state index contributed by atoms with van der Waals surface area (Å²) in [5.74, 6) is -0.875. The molecule has 2 aliphatic heterocycles. The number of ether oxygens (including phenoxy) is 1. The van der Waals surface area contributed by atoms with Crippen molar-refractivity contribution in [1.29, 1.82) is 0 Å². The number of aliphatic carboxylic acids is 1. The summed E-state index contributed by atoms with van der Waals surface area (Å²) in [4.78, 5) is 26.6. The normalized spacial score (nSPS) is 26.3. The third-order valence-electron chi connectivity index (χ3n) is 5.42. The molecule has 1 atom stereocenters. The first-order valence-electron chi connectivity index (χ1n) is 8.25. The predicted octanol–water partition coefficient (Wildman–Crippen LogP) is 2.71. The number of amides is 1. The highest BCUT2D eigenvalue weighted by Crippen LogP contribution is 2.42. The van der Waals surface area contributed by atoms with Gasteiger partial charge in [-0.2, -0.15) is 0 Å². The number of halogens is 1. The van der Waals surface area contributed by atoms with E-state index >= 15 is 0 Å². The summed E-state index contributed by atoms with van der Waals surface area (Å²) in [5.41, 5.74) is -0.771. The fourth-order valence-electron chi connectivity index (χ4n) is 3.78. The molecule has 0 radical (unpaired) electrons. The Labute approximate surface area is 146 Å². The molecule has 0 unspecified atom stereocenters. The minimum atomic E-state index is -0.873. The van der Waals surface area contributed by atoms with Crippen LogP contribution in [0.1, 0.15) is 31.7 Å². The first-order chi connectivity index (χ1) is 11.4. The Kier molecular flexibility index (Phi) is 4.58. The summed E-state index contributed by atoms with van der Waals surface area (Å²) < 4.78 is 5.47. The van der Waals surface area contributed by atoms with Crippen LogP contribution >= 0.6 is 11.6 Å². The largest absolute Gasteiger partial charge is 0.481 e. The number of nitrogens with zero attached hydrogens (tertiary/aromatic N) is 1. The Bertz CT molecular complexity index is 656. The lowest BCUT2D eigenvalue weighted by molar-refractivity contribution is -0.148. The predicted molar refractivity (Wildman–Crippen MR) is 90.1 cm³/mol. The number of hydrogen-bond donors (Lipinski definition) is 1. The van der Waals surface area contributed by atoms with Crippen LogP contribution in [0.3, 0.4) is 0 Å². The van der Waals surface area contributed by atoms with Gasteiger partial charge in [-0.3, -0.25) is 9.59 Å². The summed E-state index contributed by atoms with van der Waals surface area (Å²) in [6, 6.07) is 7.43. The van der Waals surface area contributed by atoms with Gasteiger partial charge in [0.15, 0.2) is 0 Å². The number of carbonyl (C=O) groups excluding carboxylic acids is 1. The third-order valence-corrected chi connectivity index (χ3v) is 5.75. The summed E-state index contributed by atoms with van der Waals surface area (Å²) in [7, 11) is 0. The summed E-state index contributed by atoms with van der Waals surface area (Å²) >= 11 is 6.40. The van der Waals surface area contributed by atoms with E-state index < -0.39 is 16.8 Å². The molecule has 6 heteroatoms. The lowest BCUT2D eigenvalue weighted by Crippen LogP contribution is -2.50. The molecule has 0 spiro atoms. The van der Waals surface area contributed by atoms with E-state index in [1.165, 1.54) is 0 Å². The Morgan fingerprint density at radius 3 is 2.46 bits per heavy atom. The molecule has 1 amide bonds. The van der Waals surface area contributed by atoms with Crippen LogP contribution in [-0.2, 0) is 19.7 Å². The van der Waals surface area contributed by atoms with Gasteiger partial charge in [0.25, 0.3) is 0 Å². The van der Waals surface area contributed by atoms with Gasteiger partial charge in [-0.05, 0) is 37.8 Å². The zero-order chi connectivity index (χ0) is 17.4. The van der Waals surface area contributed by atoms with Crippen molar-refractivity contribution in [2.45, 2.75) is 31.6 Å². The van der Waals surface area contributed by atoms with Crippen molar-refractivity contribution in [3.63, 3.8) is 0 Å². The van der Waals surface area contributed by atoms with Crippen molar-refractivity contribution in [2.24, 2.45) is 5.41 Å². The number of carboxylic acids is 1. The topological polar surface area (TPSA) is 66.8 Å². The first kappa shape index (κ1) is 17.2. The minimum Gasteiger partial charge on any atom is -0.481 e. The zero-order valence-corrected chi connectivity index (χ0v) is 14.5. The van der Waals surface area contributed by atoms with E-state index in [0.29, 0.717) is 44.0 Å². The van der Waals surface area contributed by atoms with Crippen molar-refractivity contribution < 1.29 is 19.4 Å². The van der Waals surface area contributed by atoms with Gasteiger partial charge in [-0.1, -0.05) is 29.8 Å². The van der Waals surface area contributed by atoms with Crippen LogP contribution in [0.2, 0.25) is 5.02 Å². The number of hydrogen-bond acceptors (Lipinski definition) is 3. The zero-order valence-electron chi connectivity index (χ0n) is 13.8. The highest BCUT2D eigenvalue weighted by atomic mass is 35.5. The Balaban J connectivity index is 1.94. The van der Waals surface area contributed by atoms with E-state index in [0.717, 1.165) is 5.56 Å². The fraction of sp³-hybridized carbons (Fsp3) is 0.556. The average Bonchev–Trinajstić information content (AvgIpc) is 2.99. The number of rotatable bonds is 3. The molecule has 1 aromatic rings. The van der Waals surface area contributed by atoms with E-state index in [2.05, 4.69) is 0 Å². The SMILES string of the molecule is C[C@]1(C(=O)O)CCN(C(=O)C2(c3ccccc3Cl)CCOCC2)C1. The Morgan fingerprint density at radius 1 is 1.21 bits per heavy atom. The van der Waals surface area contributed by atoms with Crippen molar-refractivity contribution in [3.05, 3.63) is 34.9 Å². The van der Waals surface area contributed by atoms with Crippen LogP contribution in [0.15, 0.2) is 24.3 Å². The molecule has 0 aliphatic carbocycles. The average molecular weight is 352 g/mol. The van der Waals surface area contributed by atoms with Crippen LogP contribution in [-0.4, -0.2) is 48.2 Å². The summed E-state index contributed by atoms with van der Waals surface area (Å²) in [6.45, 7) is 3.42. The maximum atomic E-state index is 13.4. The molecule has 2 saturated heterocycles. The van der Waals surface area contributed by atoms with Crippen LogP contribution in [0.4, 0.5) is 0 Å². The third kappa shape index (κ3) is 2.80. The molecule has 1 aromatic carbocycles. The molecule has 24 heavy (non-hydrogen) atoms. The van der Waals surface area contributed by atoms with E-state index in [1.807, 2.05) is 18.2 Å². The molecule has 3 rings (SSSR count). The van der Waals surface area contributed by atoms with Gasteiger partial charge < -0.3 is 14.7 Å². The summed E-state index contributed by atoms with van der Waals surface area (Å²) in [6.07, 6.45) is 1.61. The highest BCUT2D eigenvalue weighted by molar-refractivity contribution is 6.31. The number of likely N-dealkylation sites (tertiary alicyclic amines) is 1. The van der Waals surface area contributed by atoms with Crippen molar-refractivity contribution in [1.82, 2.24) is 4.90 Å². The van der Waals surface area contributed by atoms with E-state index in [9.17, 15) is 14.7 Å². The van der Waals surface area contributed by atoms with Crippen LogP contribution in [0.25, 0.3) is 0 Å². The van der Waals surface area contributed by atoms with Gasteiger partial charge in [-0.25, -0.2) is 0 Å². The van der Waals surface area contributed by atoms with Gasteiger partial charge in [0.2, 0.25) is 5.91 Å². The second-order valence-electron chi connectivity index (χ2n) is 7.02. The fourth-order valence-corrected chi connectivity index (χ4v) is 4.10. The smallest absolute Gasteiger partial charge is 0.311 e. The van der Waals surface area contributed by atoms with Gasteiger partial charge in [0, 0.05) is 31.3 Å². The maximum Gasteiger partial charge on any atom is 0.311 e. The standard InChI is InChI=1S/C18H22ClNO4/c1-17(16(22)23)6-9-20(12-17)15(21)18(7-10-24-11-8-18)13-4-2-3-5-14(13)19/h2-5H,6-12H2,1H3,(H,22,23)/t17-/m0/s1. The van der Waals surface area contributed by atoms with Gasteiger partial charge in [0.1, 0.15) is 0 Å². The monoisotopic (exact) mass is 351 g/mol. The maximum absolute atomic E-state index is 13.4.